The first-order valence-electron chi connectivity index (χ1n) is 10.7. The average molecular weight is 484 g/mol. The second-order valence-corrected chi connectivity index (χ2v) is 8.12. The maximum atomic E-state index is 13.9. The van der Waals surface area contributed by atoms with Crippen molar-refractivity contribution in [2.45, 2.75) is 31.6 Å². The molecule has 3 rings (SSSR count). The van der Waals surface area contributed by atoms with E-state index in [1.807, 2.05) is 19.1 Å². The van der Waals surface area contributed by atoms with Crippen LogP contribution in [0.2, 0.25) is 0 Å². The van der Waals surface area contributed by atoms with E-state index in [2.05, 4.69) is 27.4 Å². The van der Waals surface area contributed by atoms with E-state index < -0.39 is 17.8 Å². The molecule has 1 heterocycles. The van der Waals surface area contributed by atoms with Gasteiger partial charge in [0, 0.05) is 6.54 Å². The van der Waals surface area contributed by atoms with Crippen LogP contribution >= 0.6 is 11.8 Å². The van der Waals surface area contributed by atoms with Crippen molar-refractivity contribution in [3.63, 3.8) is 0 Å². The summed E-state index contributed by atoms with van der Waals surface area (Å²) in [5.74, 6) is -0.235. The number of benzene rings is 2. The van der Waals surface area contributed by atoms with E-state index in [1.165, 1.54) is 30.0 Å². The minimum atomic E-state index is -0.604. The minimum absolute atomic E-state index is 0.0530. The molecule has 1 atom stereocenters. The van der Waals surface area contributed by atoms with E-state index in [1.54, 1.807) is 35.8 Å². The van der Waals surface area contributed by atoms with Gasteiger partial charge in [0.1, 0.15) is 11.6 Å². The van der Waals surface area contributed by atoms with Gasteiger partial charge in [-0.1, -0.05) is 42.1 Å². The molecule has 0 saturated heterocycles. The molecule has 0 unspecified atom stereocenters. The highest BCUT2D eigenvalue weighted by Gasteiger charge is 2.21. The van der Waals surface area contributed by atoms with Gasteiger partial charge >= 0.3 is 0 Å². The van der Waals surface area contributed by atoms with Crippen LogP contribution in [-0.4, -0.2) is 38.9 Å². The van der Waals surface area contributed by atoms with Crippen LogP contribution in [-0.2, 0) is 11.3 Å². The molecular weight excluding hydrogens is 457 g/mol. The molecule has 0 spiro atoms. The smallest absolute Gasteiger partial charge is 0.254 e. The zero-order valence-corrected chi connectivity index (χ0v) is 19.8. The first-order valence-corrected chi connectivity index (χ1v) is 11.7. The van der Waals surface area contributed by atoms with Gasteiger partial charge < -0.3 is 19.9 Å². The van der Waals surface area contributed by atoms with Crippen molar-refractivity contribution in [1.82, 2.24) is 20.1 Å². The Morgan fingerprint density at radius 1 is 1.21 bits per heavy atom. The number of hydrogen-bond acceptors (Lipinski definition) is 6. The summed E-state index contributed by atoms with van der Waals surface area (Å²) in [4.78, 5) is 25.0. The fourth-order valence-electron chi connectivity index (χ4n) is 3.18. The molecular formula is C24H26FN5O3S. The van der Waals surface area contributed by atoms with Gasteiger partial charge in [0.05, 0.1) is 29.7 Å². The number of para-hydroxylation sites is 2. The van der Waals surface area contributed by atoms with Crippen molar-refractivity contribution < 1.29 is 18.7 Å². The molecule has 2 amide bonds. The summed E-state index contributed by atoms with van der Waals surface area (Å²) < 4.78 is 21.2. The van der Waals surface area contributed by atoms with Crippen LogP contribution in [0.5, 0.6) is 5.75 Å². The van der Waals surface area contributed by atoms with Crippen molar-refractivity contribution in [2.24, 2.45) is 0 Å². The van der Waals surface area contributed by atoms with Crippen LogP contribution in [0.15, 0.2) is 66.3 Å². The van der Waals surface area contributed by atoms with Crippen molar-refractivity contribution in [3.8, 4) is 5.75 Å². The van der Waals surface area contributed by atoms with Gasteiger partial charge in [0.15, 0.2) is 11.0 Å². The average Bonchev–Trinajstić information content (AvgIpc) is 3.22. The van der Waals surface area contributed by atoms with E-state index in [4.69, 9.17) is 4.74 Å². The summed E-state index contributed by atoms with van der Waals surface area (Å²) in [6.07, 6.45) is 1.67. The molecule has 2 aromatic carbocycles. The number of carbonyl (C=O) groups is 2. The molecule has 0 aliphatic carbocycles. The lowest BCUT2D eigenvalue weighted by atomic mass is 10.2. The van der Waals surface area contributed by atoms with Crippen LogP contribution < -0.4 is 15.4 Å². The molecule has 3 aromatic rings. The zero-order valence-electron chi connectivity index (χ0n) is 19.0. The first-order chi connectivity index (χ1) is 16.4. The van der Waals surface area contributed by atoms with E-state index in [-0.39, 0.29) is 17.2 Å². The number of carbonyl (C=O) groups excluding carboxylic acids is 2. The minimum Gasteiger partial charge on any atom is -0.492 e. The maximum Gasteiger partial charge on any atom is 0.254 e. The number of hydrogen-bond donors (Lipinski definition) is 2. The Bertz CT molecular complexity index is 1170. The molecule has 0 bridgehead atoms. The number of amides is 2. The standard InChI is InChI=1S/C24H26FN5O3S/c1-4-14-30-22(16(3)26-23(32)17-10-6-7-11-18(17)25)28-29-24(30)34-15-21(31)27-19-12-8-9-13-20(19)33-5-2/h4,6-13,16H,1,5,14-15H2,2-3H3,(H,26,32)(H,27,31)/t16-/m1/s1. The first kappa shape index (κ1) is 25.0. The van der Waals surface area contributed by atoms with E-state index in [9.17, 15) is 14.0 Å². The van der Waals surface area contributed by atoms with Gasteiger partial charge in [0.2, 0.25) is 5.91 Å². The van der Waals surface area contributed by atoms with Crippen molar-refractivity contribution in [1.29, 1.82) is 0 Å². The molecule has 2 N–H and O–H groups in total. The van der Waals surface area contributed by atoms with Gasteiger partial charge in [0.25, 0.3) is 5.91 Å². The lowest BCUT2D eigenvalue weighted by molar-refractivity contribution is -0.113. The largest absolute Gasteiger partial charge is 0.492 e. The molecule has 178 valence electrons. The number of halogens is 1. The third-order valence-corrected chi connectivity index (χ3v) is 5.67. The van der Waals surface area contributed by atoms with Crippen molar-refractivity contribution in [3.05, 3.63) is 78.4 Å². The number of nitrogens with one attached hydrogen (secondary N) is 2. The lowest BCUT2D eigenvalue weighted by Crippen LogP contribution is -2.29. The highest BCUT2D eigenvalue weighted by molar-refractivity contribution is 7.99. The Kier molecular flexibility index (Phi) is 8.80. The number of thioether (sulfide) groups is 1. The summed E-state index contributed by atoms with van der Waals surface area (Å²) >= 11 is 1.21. The number of anilines is 1. The van der Waals surface area contributed by atoms with Gasteiger partial charge in [-0.15, -0.1) is 16.8 Å². The van der Waals surface area contributed by atoms with Gasteiger partial charge in [-0.05, 0) is 38.1 Å². The topological polar surface area (TPSA) is 98.1 Å². The maximum absolute atomic E-state index is 13.9. The van der Waals surface area contributed by atoms with E-state index in [0.29, 0.717) is 35.6 Å². The van der Waals surface area contributed by atoms with Crippen molar-refractivity contribution in [2.75, 3.05) is 17.7 Å². The predicted molar refractivity (Wildman–Crippen MR) is 129 cm³/mol. The van der Waals surface area contributed by atoms with Crippen LogP contribution in [0.4, 0.5) is 10.1 Å². The van der Waals surface area contributed by atoms with E-state index in [0.717, 1.165) is 0 Å². The molecule has 0 aliphatic heterocycles. The fraction of sp³-hybridized carbons (Fsp3) is 0.250. The molecule has 0 fully saturated rings. The predicted octanol–water partition coefficient (Wildman–Crippen LogP) is 4.22. The highest BCUT2D eigenvalue weighted by Crippen LogP contribution is 2.25. The Morgan fingerprint density at radius 3 is 2.68 bits per heavy atom. The van der Waals surface area contributed by atoms with Gasteiger partial charge in [-0.3, -0.25) is 9.59 Å². The van der Waals surface area contributed by atoms with E-state index >= 15 is 0 Å². The second kappa shape index (κ2) is 12.0. The summed E-state index contributed by atoms with van der Waals surface area (Å²) in [6, 6.07) is 12.4. The third-order valence-electron chi connectivity index (χ3n) is 4.70. The SMILES string of the molecule is C=CCn1c(SCC(=O)Nc2ccccc2OCC)nnc1[C@@H](C)NC(=O)c1ccccc1F. The summed E-state index contributed by atoms with van der Waals surface area (Å²) in [6.45, 7) is 8.22. The third kappa shape index (κ3) is 6.22. The monoisotopic (exact) mass is 483 g/mol. The fourth-order valence-corrected chi connectivity index (χ4v) is 3.93. The normalized spacial score (nSPS) is 11.5. The number of nitrogens with zero attached hydrogens (tertiary/aromatic N) is 3. The highest BCUT2D eigenvalue weighted by atomic mass is 32.2. The van der Waals surface area contributed by atoms with Crippen LogP contribution in [0.25, 0.3) is 0 Å². The summed E-state index contributed by atoms with van der Waals surface area (Å²) in [5.41, 5.74) is 0.537. The number of rotatable bonds is 11. The summed E-state index contributed by atoms with van der Waals surface area (Å²) in [7, 11) is 0. The van der Waals surface area contributed by atoms with Crippen LogP contribution in [0, 0.1) is 5.82 Å². The Labute approximate surface area is 201 Å². The molecule has 34 heavy (non-hydrogen) atoms. The molecule has 0 radical (unpaired) electrons. The second-order valence-electron chi connectivity index (χ2n) is 7.18. The van der Waals surface area contributed by atoms with Crippen LogP contribution in [0.3, 0.4) is 0 Å². The molecule has 1 aromatic heterocycles. The molecule has 8 nitrogen and oxygen atoms in total. The lowest BCUT2D eigenvalue weighted by Gasteiger charge is -2.15. The Hall–Kier alpha value is -3.66. The van der Waals surface area contributed by atoms with Crippen molar-refractivity contribution >= 4 is 29.3 Å². The molecule has 0 saturated carbocycles. The molecule has 10 heteroatoms. The number of aromatic nitrogens is 3. The summed E-state index contributed by atoms with van der Waals surface area (Å²) in [5, 5.41) is 14.4. The number of allylic oxidation sites excluding steroid dienone is 1. The van der Waals surface area contributed by atoms with Gasteiger partial charge in [-0.2, -0.15) is 0 Å². The Balaban J connectivity index is 1.67. The zero-order chi connectivity index (χ0) is 24.5. The molecule has 0 aliphatic rings. The Morgan fingerprint density at radius 2 is 1.94 bits per heavy atom. The van der Waals surface area contributed by atoms with Crippen LogP contribution in [0.1, 0.15) is 36.1 Å². The van der Waals surface area contributed by atoms with Gasteiger partial charge in [-0.25, -0.2) is 4.39 Å². The number of ether oxygens (including phenoxy) is 1. The quantitative estimate of drug-likeness (QED) is 0.313.